The molecule has 1 aliphatic rings. The molecular formula is C12H17N3O2. The first-order chi connectivity index (χ1) is 8.11. The number of amides is 1. The summed E-state index contributed by atoms with van der Waals surface area (Å²) in [6.45, 7) is 5.06. The van der Waals surface area contributed by atoms with Gasteiger partial charge < -0.3 is 4.90 Å². The first-order valence-electron chi connectivity index (χ1n) is 5.96. The van der Waals surface area contributed by atoms with Gasteiger partial charge in [-0.3, -0.25) is 9.59 Å². The van der Waals surface area contributed by atoms with Gasteiger partial charge in [0.1, 0.15) is 5.56 Å². The number of likely N-dealkylation sites (tertiary alicyclic amines) is 1. The van der Waals surface area contributed by atoms with E-state index in [9.17, 15) is 9.59 Å². The van der Waals surface area contributed by atoms with Crippen LogP contribution in [0.1, 0.15) is 40.9 Å². The van der Waals surface area contributed by atoms with Gasteiger partial charge in [-0.15, -0.1) is 0 Å². The van der Waals surface area contributed by atoms with Crippen LogP contribution in [0.5, 0.6) is 0 Å². The SMILES string of the molecule is Cc1n[nH]c(=O)c(C(=O)N2CCCCC2)c1C. The molecule has 0 bridgehead atoms. The smallest absolute Gasteiger partial charge is 0.277 e. The molecule has 1 aromatic rings. The third-order valence-corrected chi connectivity index (χ3v) is 3.33. The average Bonchev–Trinajstić information content (AvgIpc) is 2.35. The highest BCUT2D eigenvalue weighted by Gasteiger charge is 2.23. The molecule has 17 heavy (non-hydrogen) atoms. The summed E-state index contributed by atoms with van der Waals surface area (Å²) in [4.78, 5) is 25.7. The van der Waals surface area contributed by atoms with Gasteiger partial charge in [-0.1, -0.05) is 0 Å². The Morgan fingerprint density at radius 1 is 1.24 bits per heavy atom. The van der Waals surface area contributed by atoms with Crippen molar-refractivity contribution >= 4 is 5.91 Å². The maximum Gasteiger partial charge on any atom is 0.277 e. The van der Waals surface area contributed by atoms with Crippen LogP contribution in [-0.2, 0) is 0 Å². The highest BCUT2D eigenvalue weighted by atomic mass is 16.2. The third-order valence-electron chi connectivity index (χ3n) is 3.33. The second kappa shape index (κ2) is 4.69. The molecule has 92 valence electrons. The van der Waals surface area contributed by atoms with Crippen LogP contribution in [0.4, 0.5) is 0 Å². The Bertz CT molecular complexity index is 487. The molecule has 0 aliphatic carbocycles. The molecule has 0 aromatic carbocycles. The topological polar surface area (TPSA) is 66.1 Å². The number of aromatic nitrogens is 2. The number of hydrogen-bond donors (Lipinski definition) is 1. The Balaban J connectivity index is 2.36. The van der Waals surface area contributed by atoms with Crippen LogP contribution in [0.25, 0.3) is 0 Å². The van der Waals surface area contributed by atoms with Gasteiger partial charge in [0.05, 0.1) is 5.69 Å². The second-order valence-corrected chi connectivity index (χ2v) is 4.49. The lowest BCUT2D eigenvalue weighted by molar-refractivity contribution is 0.0721. The number of rotatable bonds is 1. The summed E-state index contributed by atoms with van der Waals surface area (Å²) in [7, 11) is 0. The van der Waals surface area contributed by atoms with Gasteiger partial charge in [-0.25, -0.2) is 5.10 Å². The highest BCUT2D eigenvalue weighted by molar-refractivity contribution is 5.95. The van der Waals surface area contributed by atoms with E-state index in [-0.39, 0.29) is 17.0 Å². The van der Waals surface area contributed by atoms with E-state index in [1.807, 2.05) is 0 Å². The van der Waals surface area contributed by atoms with Crippen LogP contribution in [0.15, 0.2) is 4.79 Å². The molecule has 2 rings (SSSR count). The molecular weight excluding hydrogens is 218 g/mol. The Kier molecular flexibility index (Phi) is 3.26. The molecule has 1 N–H and O–H groups in total. The number of nitrogens with one attached hydrogen (secondary N) is 1. The normalized spacial score (nSPS) is 16.0. The Morgan fingerprint density at radius 2 is 1.88 bits per heavy atom. The van der Waals surface area contributed by atoms with E-state index >= 15 is 0 Å². The van der Waals surface area contributed by atoms with Crippen LogP contribution >= 0.6 is 0 Å². The number of nitrogens with zero attached hydrogens (tertiary/aromatic N) is 2. The fourth-order valence-corrected chi connectivity index (χ4v) is 2.14. The van der Waals surface area contributed by atoms with Gasteiger partial charge in [0.25, 0.3) is 11.5 Å². The number of aryl methyl sites for hydroxylation is 1. The number of H-pyrrole nitrogens is 1. The van der Waals surface area contributed by atoms with Crippen molar-refractivity contribution in [3.8, 4) is 0 Å². The Morgan fingerprint density at radius 3 is 2.53 bits per heavy atom. The largest absolute Gasteiger partial charge is 0.338 e. The van der Waals surface area contributed by atoms with Crippen molar-refractivity contribution in [3.05, 3.63) is 27.2 Å². The molecule has 0 unspecified atom stereocenters. The minimum Gasteiger partial charge on any atom is -0.338 e. The van der Waals surface area contributed by atoms with Crippen molar-refractivity contribution in [3.63, 3.8) is 0 Å². The van der Waals surface area contributed by atoms with Gasteiger partial charge in [0.15, 0.2) is 0 Å². The molecule has 1 amide bonds. The number of carbonyl (C=O) groups is 1. The lowest BCUT2D eigenvalue weighted by Gasteiger charge is -2.26. The molecule has 2 heterocycles. The first kappa shape index (κ1) is 11.8. The van der Waals surface area contributed by atoms with E-state index in [2.05, 4.69) is 10.2 Å². The maximum atomic E-state index is 12.3. The summed E-state index contributed by atoms with van der Waals surface area (Å²) in [5.74, 6) is -0.158. The summed E-state index contributed by atoms with van der Waals surface area (Å²) >= 11 is 0. The van der Waals surface area contributed by atoms with Crippen LogP contribution < -0.4 is 5.56 Å². The third kappa shape index (κ3) is 2.23. The Hall–Kier alpha value is -1.65. The van der Waals surface area contributed by atoms with Crippen molar-refractivity contribution in [1.29, 1.82) is 0 Å². The first-order valence-corrected chi connectivity index (χ1v) is 5.96. The fourth-order valence-electron chi connectivity index (χ4n) is 2.14. The average molecular weight is 235 g/mol. The Labute approximate surface area is 99.8 Å². The zero-order valence-corrected chi connectivity index (χ0v) is 10.2. The minimum absolute atomic E-state index is 0.158. The van der Waals surface area contributed by atoms with Crippen molar-refractivity contribution < 1.29 is 4.79 Å². The number of aromatic amines is 1. The van der Waals surface area contributed by atoms with Gasteiger partial charge in [0, 0.05) is 13.1 Å². The van der Waals surface area contributed by atoms with Crippen LogP contribution in [0, 0.1) is 13.8 Å². The fraction of sp³-hybridized carbons (Fsp3) is 0.583. The monoisotopic (exact) mass is 235 g/mol. The minimum atomic E-state index is -0.385. The summed E-state index contributed by atoms with van der Waals surface area (Å²) in [5, 5.41) is 6.23. The van der Waals surface area contributed by atoms with E-state index in [1.54, 1.807) is 18.7 Å². The second-order valence-electron chi connectivity index (χ2n) is 4.49. The van der Waals surface area contributed by atoms with Crippen molar-refractivity contribution in [1.82, 2.24) is 15.1 Å². The lowest BCUT2D eigenvalue weighted by atomic mass is 10.1. The maximum absolute atomic E-state index is 12.3. The molecule has 1 saturated heterocycles. The van der Waals surface area contributed by atoms with E-state index in [1.165, 1.54) is 0 Å². The number of carbonyl (C=O) groups excluding carboxylic acids is 1. The van der Waals surface area contributed by atoms with Crippen molar-refractivity contribution in [2.45, 2.75) is 33.1 Å². The molecule has 1 fully saturated rings. The molecule has 0 spiro atoms. The quantitative estimate of drug-likeness (QED) is 0.790. The zero-order valence-electron chi connectivity index (χ0n) is 10.2. The van der Waals surface area contributed by atoms with Crippen LogP contribution in [0.2, 0.25) is 0 Å². The predicted molar refractivity (Wildman–Crippen MR) is 64.1 cm³/mol. The number of hydrogen-bond acceptors (Lipinski definition) is 3. The standard InChI is InChI=1S/C12H17N3O2/c1-8-9(2)13-14-11(16)10(8)12(17)15-6-4-3-5-7-15/h3-7H2,1-2H3,(H,14,16). The van der Waals surface area contributed by atoms with Gasteiger partial charge in [-0.05, 0) is 38.7 Å². The lowest BCUT2D eigenvalue weighted by Crippen LogP contribution is -2.39. The molecule has 0 radical (unpaired) electrons. The van der Waals surface area contributed by atoms with E-state index in [0.29, 0.717) is 11.3 Å². The van der Waals surface area contributed by atoms with Crippen molar-refractivity contribution in [2.24, 2.45) is 0 Å². The van der Waals surface area contributed by atoms with Crippen LogP contribution in [0.3, 0.4) is 0 Å². The zero-order chi connectivity index (χ0) is 12.4. The highest BCUT2D eigenvalue weighted by Crippen LogP contribution is 2.14. The number of piperidine rings is 1. The van der Waals surface area contributed by atoms with Gasteiger partial charge in [0.2, 0.25) is 0 Å². The summed E-state index contributed by atoms with van der Waals surface area (Å²) in [5.41, 5.74) is 1.25. The molecule has 5 nitrogen and oxygen atoms in total. The van der Waals surface area contributed by atoms with Gasteiger partial charge in [-0.2, -0.15) is 5.10 Å². The molecule has 0 atom stereocenters. The van der Waals surface area contributed by atoms with E-state index < -0.39 is 0 Å². The molecule has 1 aromatic heterocycles. The summed E-state index contributed by atoms with van der Waals surface area (Å²) in [6, 6.07) is 0. The van der Waals surface area contributed by atoms with E-state index in [0.717, 1.165) is 32.4 Å². The van der Waals surface area contributed by atoms with Gasteiger partial charge >= 0.3 is 0 Å². The van der Waals surface area contributed by atoms with Crippen LogP contribution in [-0.4, -0.2) is 34.1 Å². The summed E-state index contributed by atoms with van der Waals surface area (Å²) in [6.07, 6.45) is 3.20. The molecule has 1 aliphatic heterocycles. The van der Waals surface area contributed by atoms with Crippen molar-refractivity contribution in [2.75, 3.05) is 13.1 Å². The summed E-state index contributed by atoms with van der Waals surface area (Å²) < 4.78 is 0. The van der Waals surface area contributed by atoms with E-state index in [4.69, 9.17) is 0 Å². The molecule has 0 saturated carbocycles. The predicted octanol–water partition coefficient (Wildman–Crippen LogP) is 1.01. The molecule has 5 heteroatoms.